The van der Waals surface area contributed by atoms with E-state index in [9.17, 15) is 5.11 Å². The fourth-order valence-electron chi connectivity index (χ4n) is 3.80. The van der Waals surface area contributed by atoms with E-state index >= 15 is 0 Å². The second-order valence-electron chi connectivity index (χ2n) is 6.71. The van der Waals surface area contributed by atoms with Gasteiger partial charge in [0.05, 0.1) is 18.3 Å². The Kier molecular flexibility index (Phi) is 3.87. The lowest BCUT2D eigenvalue weighted by molar-refractivity contribution is -0.196. The van der Waals surface area contributed by atoms with E-state index in [1.165, 1.54) is 19.3 Å². The Balaban J connectivity index is 1.50. The molecule has 110 valence electrons. The highest BCUT2D eigenvalue weighted by Gasteiger charge is 2.43. The molecular formula is C15H27NO3. The summed E-state index contributed by atoms with van der Waals surface area (Å²) in [5.41, 5.74) is -0.437. The Morgan fingerprint density at radius 3 is 2.37 bits per heavy atom. The van der Waals surface area contributed by atoms with Crippen molar-refractivity contribution in [3.63, 3.8) is 0 Å². The quantitative estimate of drug-likeness (QED) is 0.831. The van der Waals surface area contributed by atoms with Gasteiger partial charge in [-0.3, -0.25) is 0 Å². The van der Waals surface area contributed by atoms with E-state index in [4.69, 9.17) is 9.47 Å². The van der Waals surface area contributed by atoms with Crippen molar-refractivity contribution in [3.8, 4) is 0 Å². The van der Waals surface area contributed by atoms with Gasteiger partial charge in [-0.25, -0.2) is 0 Å². The third-order valence-corrected chi connectivity index (χ3v) is 4.92. The molecule has 0 aromatic heterocycles. The van der Waals surface area contributed by atoms with Gasteiger partial charge in [-0.15, -0.1) is 0 Å². The van der Waals surface area contributed by atoms with E-state index in [2.05, 4.69) is 11.8 Å². The molecule has 3 aliphatic rings. The summed E-state index contributed by atoms with van der Waals surface area (Å²) in [5, 5.41) is 10.6. The Hall–Kier alpha value is -0.160. The van der Waals surface area contributed by atoms with Gasteiger partial charge in [-0.2, -0.15) is 0 Å². The average molecular weight is 269 g/mol. The molecule has 1 aliphatic carbocycles. The number of rotatable bonds is 2. The second-order valence-corrected chi connectivity index (χ2v) is 6.71. The van der Waals surface area contributed by atoms with Crippen molar-refractivity contribution in [2.75, 3.05) is 26.2 Å². The van der Waals surface area contributed by atoms with Crippen LogP contribution in [-0.4, -0.2) is 53.7 Å². The molecule has 1 atom stereocenters. The van der Waals surface area contributed by atoms with Crippen molar-refractivity contribution in [2.45, 2.75) is 69.4 Å². The topological polar surface area (TPSA) is 41.9 Å². The predicted octanol–water partition coefficient (Wildman–Crippen LogP) is 1.91. The highest BCUT2D eigenvalue weighted by atomic mass is 16.7. The molecule has 0 unspecified atom stereocenters. The summed E-state index contributed by atoms with van der Waals surface area (Å²) in [6.45, 7) is 5.60. The number of hydrogen-bond donors (Lipinski definition) is 1. The molecule has 3 rings (SSSR count). The Morgan fingerprint density at radius 2 is 1.79 bits per heavy atom. The molecule has 0 amide bonds. The molecule has 19 heavy (non-hydrogen) atoms. The van der Waals surface area contributed by atoms with E-state index < -0.39 is 5.60 Å². The first kappa shape index (κ1) is 13.8. The van der Waals surface area contributed by atoms with Crippen LogP contribution < -0.4 is 0 Å². The molecule has 2 saturated heterocycles. The normalized spacial score (nSPS) is 34.7. The zero-order valence-electron chi connectivity index (χ0n) is 12.1. The Bertz CT molecular complexity index is 307. The largest absolute Gasteiger partial charge is 0.389 e. The number of piperidine rings is 1. The van der Waals surface area contributed by atoms with Crippen LogP contribution in [0.4, 0.5) is 0 Å². The summed E-state index contributed by atoms with van der Waals surface area (Å²) in [6, 6.07) is 0. The maximum absolute atomic E-state index is 10.6. The number of ether oxygens (including phenoxy) is 2. The van der Waals surface area contributed by atoms with Gasteiger partial charge >= 0.3 is 0 Å². The molecule has 0 radical (unpaired) electrons. The lowest BCUT2D eigenvalue weighted by atomic mass is 9.84. The molecule has 0 aromatic rings. The molecule has 1 saturated carbocycles. The molecule has 4 heteroatoms. The first-order chi connectivity index (χ1) is 9.09. The molecule has 0 aromatic carbocycles. The van der Waals surface area contributed by atoms with Crippen LogP contribution in [0.25, 0.3) is 0 Å². The van der Waals surface area contributed by atoms with Crippen molar-refractivity contribution < 1.29 is 14.6 Å². The minimum atomic E-state index is -0.437. The van der Waals surface area contributed by atoms with Gasteiger partial charge in [0.15, 0.2) is 5.79 Å². The van der Waals surface area contributed by atoms with E-state index in [1.807, 2.05) is 0 Å². The van der Waals surface area contributed by atoms with Gasteiger partial charge in [-0.05, 0) is 19.8 Å². The first-order valence-corrected chi connectivity index (χ1v) is 7.86. The zero-order valence-corrected chi connectivity index (χ0v) is 12.1. The molecule has 1 spiro atoms. The maximum Gasteiger partial charge on any atom is 0.171 e. The van der Waals surface area contributed by atoms with Crippen LogP contribution in [0.15, 0.2) is 0 Å². The van der Waals surface area contributed by atoms with Crippen LogP contribution in [0.2, 0.25) is 0 Å². The SMILES string of the molecule is C[C@@H]1COC2(CCN(CC3(O)CCCCC3)CC2)O1. The number of nitrogens with zero attached hydrogens (tertiary/aromatic N) is 1. The van der Waals surface area contributed by atoms with Gasteiger partial charge < -0.3 is 19.5 Å². The van der Waals surface area contributed by atoms with Crippen molar-refractivity contribution in [3.05, 3.63) is 0 Å². The molecular weight excluding hydrogens is 242 g/mol. The summed E-state index contributed by atoms with van der Waals surface area (Å²) < 4.78 is 11.8. The van der Waals surface area contributed by atoms with Gasteiger partial charge in [-0.1, -0.05) is 19.3 Å². The molecule has 1 N–H and O–H groups in total. The van der Waals surface area contributed by atoms with E-state index in [0.717, 1.165) is 51.9 Å². The van der Waals surface area contributed by atoms with Gasteiger partial charge in [0.25, 0.3) is 0 Å². The number of β-amino-alcohol motifs (C(OH)–C–C–N with tert-alkyl or cyclic N) is 1. The van der Waals surface area contributed by atoms with Gasteiger partial charge in [0.1, 0.15) is 0 Å². The standard InChI is InChI=1S/C15H27NO3/c1-13-11-18-15(19-13)7-9-16(10-8-15)12-14(17)5-3-2-4-6-14/h13,17H,2-12H2,1H3/t13-/m1/s1. The van der Waals surface area contributed by atoms with Crippen LogP contribution in [0.3, 0.4) is 0 Å². The van der Waals surface area contributed by atoms with E-state index in [-0.39, 0.29) is 11.9 Å². The zero-order chi connectivity index (χ0) is 13.3. The highest BCUT2D eigenvalue weighted by molar-refractivity contribution is 4.90. The lowest BCUT2D eigenvalue weighted by Crippen LogP contribution is -2.51. The predicted molar refractivity (Wildman–Crippen MR) is 72.9 cm³/mol. The van der Waals surface area contributed by atoms with Crippen LogP contribution >= 0.6 is 0 Å². The summed E-state index contributed by atoms with van der Waals surface area (Å²) in [7, 11) is 0. The monoisotopic (exact) mass is 269 g/mol. The minimum absolute atomic E-state index is 0.231. The third-order valence-electron chi connectivity index (χ3n) is 4.92. The summed E-state index contributed by atoms with van der Waals surface area (Å²) in [6.07, 6.45) is 7.69. The fourth-order valence-corrected chi connectivity index (χ4v) is 3.80. The number of hydrogen-bond acceptors (Lipinski definition) is 4. The average Bonchev–Trinajstić information content (AvgIpc) is 2.75. The van der Waals surface area contributed by atoms with Crippen molar-refractivity contribution in [1.29, 1.82) is 0 Å². The molecule has 3 fully saturated rings. The van der Waals surface area contributed by atoms with Crippen molar-refractivity contribution in [2.24, 2.45) is 0 Å². The van der Waals surface area contributed by atoms with Gasteiger partial charge in [0.2, 0.25) is 0 Å². The minimum Gasteiger partial charge on any atom is -0.389 e. The smallest absolute Gasteiger partial charge is 0.171 e. The summed E-state index contributed by atoms with van der Waals surface area (Å²) in [5.74, 6) is -0.314. The summed E-state index contributed by atoms with van der Waals surface area (Å²) >= 11 is 0. The van der Waals surface area contributed by atoms with Crippen LogP contribution in [-0.2, 0) is 9.47 Å². The number of likely N-dealkylation sites (tertiary alicyclic amines) is 1. The second kappa shape index (κ2) is 5.32. The highest BCUT2D eigenvalue weighted by Crippen LogP contribution is 2.35. The summed E-state index contributed by atoms with van der Waals surface area (Å²) in [4.78, 5) is 2.40. The third kappa shape index (κ3) is 3.13. The van der Waals surface area contributed by atoms with E-state index in [0.29, 0.717) is 0 Å². The first-order valence-electron chi connectivity index (χ1n) is 7.86. The molecule has 2 aliphatic heterocycles. The Labute approximate surface area is 116 Å². The van der Waals surface area contributed by atoms with Crippen molar-refractivity contribution in [1.82, 2.24) is 4.90 Å². The molecule has 4 nitrogen and oxygen atoms in total. The van der Waals surface area contributed by atoms with Crippen LogP contribution in [0, 0.1) is 0 Å². The lowest BCUT2D eigenvalue weighted by Gasteiger charge is -2.42. The van der Waals surface area contributed by atoms with E-state index in [1.54, 1.807) is 0 Å². The molecule has 2 heterocycles. The van der Waals surface area contributed by atoms with Crippen LogP contribution in [0.1, 0.15) is 51.9 Å². The Morgan fingerprint density at radius 1 is 1.11 bits per heavy atom. The maximum atomic E-state index is 10.6. The number of aliphatic hydroxyl groups is 1. The van der Waals surface area contributed by atoms with Crippen molar-refractivity contribution >= 4 is 0 Å². The fraction of sp³-hybridized carbons (Fsp3) is 1.00. The molecule has 0 bridgehead atoms. The van der Waals surface area contributed by atoms with Gasteiger partial charge in [0, 0.05) is 32.5 Å². The van der Waals surface area contributed by atoms with Crippen LogP contribution in [0.5, 0.6) is 0 Å².